The molecule has 0 bridgehead atoms. The third kappa shape index (κ3) is 7.66. The van der Waals surface area contributed by atoms with E-state index in [9.17, 15) is 0 Å². The fourth-order valence-electron chi connectivity index (χ4n) is 3.97. The summed E-state index contributed by atoms with van der Waals surface area (Å²) in [5.41, 5.74) is 1.22. The van der Waals surface area contributed by atoms with Crippen LogP contribution in [0.4, 0.5) is 0 Å². The van der Waals surface area contributed by atoms with Gasteiger partial charge in [0, 0.05) is 31.4 Å². The first-order chi connectivity index (χ1) is 13.8. The van der Waals surface area contributed by atoms with Crippen LogP contribution in [0, 0.1) is 6.92 Å². The van der Waals surface area contributed by atoms with Crippen LogP contribution in [0.25, 0.3) is 0 Å². The number of ether oxygens (including phenoxy) is 2. The smallest absolute Gasteiger partial charge is 0.414 e. The Morgan fingerprint density at radius 3 is 2.28 bits per heavy atom. The lowest BCUT2D eigenvalue weighted by Gasteiger charge is -2.35. The van der Waals surface area contributed by atoms with Crippen molar-refractivity contribution in [3.63, 3.8) is 0 Å². The van der Waals surface area contributed by atoms with Gasteiger partial charge >= 0.3 is 11.9 Å². The number of aromatic nitrogens is 2. The van der Waals surface area contributed by atoms with Crippen molar-refractivity contribution < 1.29 is 29.3 Å². The maximum Gasteiger partial charge on any atom is 0.414 e. The Balaban J connectivity index is 0.000000438. The molecule has 1 saturated carbocycles. The molecule has 0 spiro atoms. The van der Waals surface area contributed by atoms with Crippen LogP contribution in [0.1, 0.15) is 57.7 Å². The van der Waals surface area contributed by atoms with Gasteiger partial charge in [-0.2, -0.15) is 0 Å². The summed E-state index contributed by atoms with van der Waals surface area (Å²) in [4.78, 5) is 20.6. The summed E-state index contributed by atoms with van der Waals surface area (Å²) in [6.07, 6.45) is 7.16. The summed E-state index contributed by atoms with van der Waals surface area (Å²) in [7, 11) is 0. The van der Waals surface area contributed by atoms with Gasteiger partial charge in [0.1, 0.15) is 6.61 Å². The monoisotopic (exact) mass is 411 g/mol. The van der Waals surface area contributed by atoms with Crippen LogP contribution in [0.15, 0.2) is 6.07 Å². The molecule has 0 amide bonds. The largest absolute Gasteiger partial charge is 0.475 e. The van der Waals surface area contributed by atoms with Gasteiger partial charge in [0.05, 0.1) is 18.2 Å². The van der Waals surface area contributed by atoms with E-state index < -0.39 is 11.9 Å². The third-order valence-electron chi connectivity index (χ3n) is 5.16. The second-order valence-electron chi connectivity index (χ2n) is 7.84. The lowest BCUT2D eigenvalue weighted by molar-refractivity contribution is -0.159. The van der Waals surface area contributed by atoms with Crippen LogP contribution < -0.4 is 4.74 Å². The molecular weight excluding hydrogens is 378 g/mol. The predicted molar refractivity (Wildman–Crippen MR) is 106 cm³/mol. The normalized spacial score (nSPS) is 23.1. The molecule has 1 aliphatic heterocycles. The number of carboxylic acids is 2. The first kappa shape index (κ1) is 23.2. The molecule has 1 aromatic rings. The lowest BCUT2D eigenvalue weighted by Crippen LogP contribution is -2.46. The minimum atomic E-state index is -1.82. The molecule has 2 heterocycles. The summed E-state index contributed by atoms with van der Waals surface area (Å²) in [5.74, 6) is -2.87. The number of morpholine rings is 1. The van der Waals surface area contributed by atoms with E-state index in [2.05, 4.69) is 36.4 Å². The van der Waals surface area contributed by atoms with Gasteiger partial charge in [0.25, 0.3) is 0 Å². The average Bonchev–Trinajstić information content (AvgIpc) is 3.02. The standard InChI is InChI=1S/C18H31N3O2.C2H2O4/c1-14-11-18(19-21(14)17-7-5-4-6-8-17)22-10-9-20-12-15(2)23-16(3)13-20;3-1(4)2(5)6/h11,15-17H,4-10,12-13H2,1-3H3;(H,3,4)(H,5,6). The molecule has 2 unspecified atom stereocenters. The van der Waals surface area contributed by atoms with Gasteiger partial charge < -0.3 is 19.7 Å². The van der Waals surface area contributed by atoms with Gasteiger partial charge in [-0.3, -0.25) is 9.58 Å². The highest BCUT2D eigenvalue weighted by Gasteiger charge is 2.22. The Hall–Kier alpha value is -2.13. The summed E-state index contributed by atoms with van der Waals surface area (Å²) in [5, 5.41) is 19.5. The van der Waals surface area contributed by atoms with Crippen molar-refractivity contribution in [2.24, 2.45) is 0 Å². The van der Waals surface area contributed by atoms with Crippen molar-refractivity contribution in [1.29, 1.82) is 0 Å². The number of hydrogen-bond acceptors (Lipinski definition) is 6. The van der Waals surface area contributed by atoms with E-state index in [1.54, 1.807) is 0 Å². The van der Waals surface area contributed by atoms with Crippen LogP contribution >= 0.6 is 0 Å². The molecule has 0 aromatic carbocycles. The van der Waals surface area contributed by atoms with Crippen molar-refractivity contribution in [3.05, 3.63) is 11.8 Å². The molecule has 2 N–H and O–H groups in total. The van der Waals surface area contributed by atoms with E-state index in [0.29, 0.717) is 24.9 Å². The molecule has 29 heavy (non-hydrogen) atoms. The molecule has 2 atom stereocenters. The van der Waals surface area contributed by atoms with Crippen LogP contribution in [-0.4, -0.2) is 75.3 Å². The highest BCUT2D eigenvalue weighted by atomic mass is 16.5. The topological polar surface area (TPSA) is 114 Å². The maximum atomic E-state index is 9.10. The second-order valence-corrected chi connectivity index (χ2v) is 7.84. The number of aliphatic carboxylic acids is 2. The van der Waals surface area contributed by atoms with Gasteiger partial charge in [0.15, 0.2) is 0 Å². The Kier molecular flexibility index (Phi) is 8.91. The fourth-order valence-corrected chi connectivity index (χ4v) is 3.97. The molecule has 1 aliphatic carbocycles. The number of aryl methyl sites for hydroxylation is 1. The molecule has 9 heteroatoms. The van der Waals surface area contributed by atoms with E-state index in [1.807, 2.05) is 0 Å². The first-order valence-electron chi connectivity index (χ1n) is 10.3. The van der Waals surface area contributed by atoms with E-state index in [0.717, 1.165) is 25.5 Å². The van der Waals surface area contributed by atoms with Gasteiger partial charge in [-0.1, -0.05) is 19.3 Å². The molecule has 1 aromatic heterocycles. The van der Waals surface area contributed by atoms with Crippen LogP contribution in [0.2, 0.25) is 0 Å². The molecular formula is C20H33N3O6. The minimum Gasteiger partial charge on any atom is -0.475 e. The zero-order chi connectivity index (χ0) is 21.4. The quantitative estimate of drug-likeness (QED) is 0.710. The van der Waals surface area contributed by atoms with Crippen molar-refractivity contribution in [2.45, 2.75) is 71.1 Å². The van der Waals surface area contributed by atoms with Crippen LogP contribution in [-0.2, 0) is 14.3 Å². The van der Waals surface area contributed by atoms with Gasteiger partial charge in [0.2, 0.25) is 5.88 Å². The van der Waals surface area contributed by atoms with Crippen LogP contribution in [0.5, 0.6) is 5.88 Å². The average molecular weight is 411 g/mol. The van der Waals surface area contributed by atoms with E-state index in [4.69, 9.17) is 34.4 Å². The number of carboxylic acid groups (broad SMARTS) is 2. The van der Waals surface area contributed by atoms with Gasteiger partial charge in [-0.25, -0.2) is 9.59 Å². The maximum absolute atomic E-state index is 9.10. The molecule has 9 nitrogen and oxygen atoms in total. The number of rotatable bonds is 5. The molecule has 3 rings (SSSR count). The summed E-state index contributed by atoms with van der Waals surface area (Å²) in [6.45, 7) is 10.0. The number of nitrogens with zero attached hydrogens (tertiary/aromatic N) is 3. The molecule has 2 fully saturated rings. The van der Waals surface area contributed by atoms with Gasteiger partial charge in [-0.15, -0.1) is 5.10 Å². The van der Waals surface area contributed by atoms with Crippen molar-refractivity contribution in [2.75, 3.05) is 26.2 Å². The Morgan fingerprint density at radius 2 is 1.72 bits per heavy atom. The number of carbonyl (C=O) groups is 2. The molecule has 164 valence electrons. The summed E-state index contributed by atoms with van der Waals surface area (Å²) in [6, 6.07) is 2.65. The molecule has 0 radical (unpaired) electrons. The zero-order valence-corrected chi connectivity index (χ0v) is 17.5. The number of hydrogen-bond donors (Lipinski definition) is 2. The Labute approximate surface area is 171 Å². The minimum absolute atomic E-state index is 0.312. The second kappa shape index (κ2) is 11.2. The zero-order valence-electron chi connectivity index (χ0n) is 17.5. The highest BCUT2D eigenvalue weighted by Crippen LogP contribution is 2.29. The molecule has 1 saturated heterocycles. The Bertz CT molecular complexity index is 649. The summed E-state index contributed by atoms with van der Waals surface area (Å²) >= 11 is 0. The highest BCUT2D eigenvalue weighted by molar-refractivity contribution is 6.27. The predicted octanol–water partition coefficient (Wildman–Crippen LogP) is 2.34. The Morgan fingerprint density at radius 1 is 1.14 bits per heavy atom. The summed E-state index contributed by atoms with van der Waals surface area (Å²) < 4.78 is 13.9. The van der Waals surface area contributed by atoms with Gasteiger partial charge in [-0.05, 0) is 33.6 Å². The first-order valence-corrected chi connectivity index (χ1v) is 10.3. The van der Waals surface area contributed by atoms with E-state index in [1.165, 1.54) is 37.8 Å². The third-order valence-corrected chi connectivity index (χ3v) is 5.16. The van der Waals surface area contributed by atoms with E-state index in [-0.39, 0.29) is 0 Å². The van der Waals surface area contributed by atoms with Crippen LogP contribution in [0.3, 0.4) is 0 Å². The van der Waals surface area contributed by atoms with Crippen molar-refractivity contribution >= 4 is 11.9 Å². The van der Waals surface area contributed by atoms with Crippen molar-refractivity contribution in [1.82, 2.24) is 14.7 Å². The fraction of sp³-hybridized carbons (Fsp3) is 0.750. The molecule has 2 aliphatic rings. The van der Waals surface area contributed by atoms with E-state index >= 15 is 0 Å². The SMILES string of the molecule is Cc1cc(OCCN2CC(C)OC(C)C2)nn1C1CCCCC1.O=C(O)C(=O)O. The lowest BCUT2D eigenvalue weighted by atomic mass is 9.95. The van der Waals surface area contributed by atoms with Crippen molar-refractivity contribution in [3.8, 4) is 5.88 Å².